The summed E-state index contributed by atoms with van der Waals surface area (Å²) in [6.45, 7) is 3.15. The minimum Gasteiger partial charge on any atom is -0.389 e. The number of nitrogens with one attached hydrogen (secondary N) is 1. The highest BCUT2D eigenvalue weighted by Gasteiger charge is 2.41. The third-order valence-corrected chi connectivity index (χ3v) is 4.33. The van der Waals surface area contributed by atoms with E-state index >= 15 is 0 Å². The van der Waals surface area contributed by atoms with Gasteiger partial charge in [-0.15, -0.1) is 0 Å². The van der Waals surface area contributed by atoms with E-state index < -0.39 is 17.6 Å². The summed E-state index contributed by atoms with van der Waals surface area (Å²) in [5, 5.41) is 27.6. The SMILES string of the molecule is Cc1cc(CN2CC[C@@](O)(CNC(=O)c3cnccn3)[C@H](O)C2)no1. The Kier molecular flexibility index (Phi) is 5.07. The highest BCUT2D eigenvalue weighted by atomic mass is 16.5. The summed E-state index contributed by atoms with van der Waals surface area (Å²) in [6.07, 6.45) is 3.57. The molecule has 3 N–H and O–H groups in total. The van der Waals surface area contributed by atoms with E-state index in [0.717, 1.165) is 11.5 Å². The van der Waals surface area contributed by atoms with Gasteiger partial charge in [-0.2, -0.15) is 0 Å². The predicted octanol–water partition coefficient (Wildman–Crippen LogP) is -0.499. The van der Waals surface area contributed by atoms with Crippen LogP contribution < -0.4 is 5.32 Å². The highest BCUT2D eigenvalue weighted by Crippen LogP contribution is 2.23. The Morgan fingerprint density at radius 2 is 2.36 bits per heavy atom. The maximum atomic E-state index is 12.0. The predicted molar refractivity (Wildman–Crippen MR) is 86.5 cm³/mol. The Hall–Kier alpha value is -2.36. The average molecular weight is 347 g/mol. The lowest BCUT2D eigenvalue weighted by molar-refractivity contribution is -0.117. The summed E-state index contributed by atoms with van der Waals surface area (Å²) in [6, 6.07) is 1.84. The first-order valence-corrected chi connectivity index (χ1v) is 8.05. The molecule has 0 saturated carbocycles. The molecule has 25 heavy (non-hydrogen) atoms. The first-order chi connectivity index (χ1) is 12.0. The van der Waals surface area contributed by atoms with Crippen molar-refractivity contribution in [3.05, 3.63) is 41.8 Å². The molecule has 0 aliphatic carbocycles. The second kappa shape index (κ2) is 7.26. The van der Waals surface area contributed by atoms with Crippen LogP contribution in [0.2, 0.25) is 0 Å². The van der Waals surface area contributed by atoms with Crippen LogP contribution in [0.25, 0.3) is 0 Å². The number of likely N-dealkylation sites (tertiary alicyclic amines) is 1. The zero-order valence-electron chi connectivity index (χ0n) is 13.9. The number of nitrogens with zero attached hydrogens (tertiary/aromatic N) is 4. The maximum Gasteiger partial charge on any atom is 0.271 e. The molecule has 0 aromatic carbocycles. The summed E-state index contributed by atoms with van der Waals surface area (Å²) in [5.41, 5.74) is -0.431. The van der Waals surface area contributed by atoms with Gasteiger partial charge < -0.3 is 20.1 Å². The van der Waals surface area contributed by atoms with E-state index in [2.05, 4.69) is 20.4 Å². The molecule has 0 spiro atoms. The molecule has 1 amide bonds. The number of rotatable bonds is 5. The van der Waals surface area contributed by atoms with Gasteiger partial charge in [-0.1, -0.05) is 5.16 Å². The fourth-order valence-electron chi connectivity index (χ4n) is 2.84. The van der Waals surface area contributed by atoms with Gasteiger partial charge in [0.05, 0.1) is 18.0 Å². The number of piperidine rings is 1. The van der Waals surface area contributed by atoms with Crippen LogP contribution in [0.4, 0.5) is 0 Å². The molecule has 1 aliphatic rings. The standard InChI is InChI=1S/C16H21N5O4/c1-11-6-12(20-25-11)8-21-5-2-16(24,14(22)9-21)10-19-15(23)13-7-17-3-4-18-13/h3-4,6-7,14,22,24H,2,5,8-10H2,1H3,(H,19,23)/t14-,16-/m1/s1. The zero-order chi connectivity index (χ0) is 17.9. The average Bonchev–Trinajstić information content (AvgIpc) is 3.02. The van der Waals surface area contributed by atoms with Crippen molar-refractivity contribution in [3.63, 3.8) is 0 Å². The third-order valence-electron chi connectivity index (χ3n) is 4.33. The van der Waals surface area contributed by atoms with Crippen molar-refractivity contribution in [2.45, 2.75) is 31.6 Å². The molecule has 2 aromatic heterocycles. The number of carbonyl (C=O) groups excluding carboxylic acids is 1. The fraction of sp³-hybridized carbons (Fsp3) is 0.500. The second-order valence-corrected chi connectivity index (χ2v) is 6.31. The molecule has 0 unspecified atom stereocenters. The van der Waals surface area contributed by atoms with E-state index in [4.69, 9.17) is 4.52 Å². The summed E-state index contributed by atoms with van der Waals surface area (Å²) < 4.78 is 5.03. The first-order valence-electron chi connectivity index (χ1n) is 8.05. The van der Waals surface area contributed by atoms with Gasteiger partial charge in [0.1, 0.15) is 17.1 Å². The van der Waals surface area contributed by atoms with Crippen LogP contribution in [0.15, 0.2) is 29.2 Å². The molecule has 9 heteroatoms. The van der Waals surface area contributed by atoms with Crippen LogP contribution in [-0.4, -0.2) is 67.5 Å². The number of carbonyl (C=O) groups is 1. The summed E-state index contributed by atoms with van der Waals surface area (Å²) in [7, 11) is 0. The van der Waals surface area contributed by atoms with Gasteiger partial charge in [-0.25, -0.2) is 4.98 Å². The molecule has 1 aliphatic heterocycles. The first kappa shape index (κ1) is 17.5. The number of aliphatic hydroxyl groups excluding tert-OH is 1. The van der Waals surface area contributed by atoms with E-state index in [1.807, 2.05) is 17.9 Å². The molecule has 2 atom stereocenters. The minimum atomic E-state index is -1.38. The molecule has 0 bridgehead atoms. The molecule has 134 valence electrons. The van der Waals surface area contributed by atoms with Gasteiger partial charge in [0.25, 0.3) is 5.91 Å². The molecule has 0 radical (unpaired) electrons. The van der Waals surface area contributed by atoms with Crippen LogP contribution in [0, 0.1) is 6.92 Å². The van der Waals surface area contributed by atoms with Crippen molar-refractivity contribution in [1.82, 2.24) is 25.3 Å². The van der Waals surface area contributed by atoms with E-state index in [-0.39, 0.29) is 18.8 Å². The van der Waals surface area contributed by atoms with Crippen molar-refractivity contribution in [3.8, 4) is 0 Å². The lowest BCUT2D eigenvalue weighted by atomic mass is 9.88. The summed E-state index contributed by atoms with van der Waals surface area (Å²) in [5.74, 6) is 0.296. The van der Waals surface area contributed by atoms with Crippen LogP contribution >= 0.6 is 0 Å². The number of aromatic nitrogens is 3. The molecule has 3 heterocycles. The lowest BCUT2D eigenvalue weighted by Gasteiger charge is -2.41. The van der Waals surface area contributed by atoms with Crippen LogP contribution in [0.5, 0.6) is 0 Å². The quantitative estimate of drug-likeness (QED) is 0.661. The Morgan fingerprint density at radius 1 is 1.52 bits per heavy atom. The van der Waals surface area contributed by atoms with Gasteiger partial charge in [0.15, 0.2) is 0 Å². The fourth-order valence-corrected chi connectivity index (χ4v) is 2.84. The zero-order valence-corrected chi connectivity index (χ0v) is 13.9. The van der Waals surface area contributed by atoms with Crippen LogP contribution in [0.1, 0.15) is 28.4 Å². The third kappa shape index (κ3) is 4.19. The van der Waals surface area contributed by atoms with Crippen LogP contribution in [-0.2, 0) is 6.54 Å². The van der Waals surface area contributed by atoms with Gasteiger partial charge in [0.2, 0.25) is 0 Å². The van der Waals surface area contributed by atoms with Gasteiger partial charge in [-0.3, -0.25) is 14.7 Å². The number of β-amino-alcohol motifs (C(OH)–C–C–N with tert-alkyl or cyclic N) is 1. The smallest absolute Gasteiger partial charge is 0.271 e. The van der Waals surface area contributed by atoms with E-state index in [0.29, 0.717) is 19.5 Å². The Morgan fingerprint density at radius 3 is 3.00 bits per heavy atom. The van der Waals surface area contributed by atoms with Crippen LogP contribution in [0.3, 0.4) is 0 Å². The topological polar surface area (TPSA) is 125 Å². The number of hydrogen-bond acceptors (Lipinski definition) is 8. The van der Waals surface area contributed by atoms with Crippen molar-refractivity contribution < 1.29 is 19.5 Å². The monoisotopic (exact) mass is 347 g/mol. The van der Waals surface area contributed by atoms with Gasteiger partial charge in [-0.05, 0) is 13.3 Å². The summed E-state index contributed by atoms with van der Waals surface area (Å²) in [4.78, 5) is 21.7. The summed E-state index contributed by atoms with van der Waals surface area (Å²) >= 11 is 0. The lowest BCUT2D eigenvalue weighted by Crippen LogP contribution is -2.60. The Labute approximate surface area is 144 Å². The second-order valence-electron chi connectivity index (χ2n) is 6.31. The van der Waals surface area contributed by atoms with Crippen molar-refractivity contribution in [2.75, 3.05) is 19.6 Å². The molecule has 3 rings (SSSR count). The molecule has 1 fully saturated rings. The number of amides is 1. The maximum absolute atomic E-state index is 12.0. The molecular weight excluding hydrogens is 326 g/mol. The Balaban J connectivity index is 1.53. The normalized spacial score (nSPS) is 24.2. The van der Waals surface area contributed by atoms with Crippen molar-refractivity contribution in [1.29, 1.82) is 0 Å². The van der Waals surface area contributed by atoms with Gasteiger partial charge in [0, 0.05) is 44.6 Å². The largest absolute Gasteiger partial charge is 0.389 e. The molecule has 1 saturated heterocycles. The van der Waals surface area contributed by atoms with E-state index in [1.54, 1.807) is 0 Å². The number of aliphatic hydroxyl groups is 2. The van der Waals surface area contributed by atoms with Gasteiger partial charge >= 0.3 is 0 Å². The molecule has 2 aromatic rings. The van der Waals surface area contributed by atoms with Crippen molar-refractivity contribution >= 4 is 5.91 Å². The highest BCUT2D eigenvalue weighted by molar-refractivity contribution is 5.91. The number of aryl methyl sites for hydroxylation is 1. The van der Waals surface area contributed by atoms with E-state index in [9.17, 15) is 15.0 Å². The Bertz CT molecular complexity index is 722. The molecular formula is C16H21N5O4. The minimum absolute atomic E-state index is 0.0551. The van der Waals surface area contributed by atoms with Crippen molar-refractivity contribution in [2.24, 2.45) is 0 Å². The molecule has 9 nitrogen and oxygen atoms in total. The van der Waals surface area contributed by atoms with E-state index in [1.165, 1.54) is 18.6 Å². The number of hydrogen-bond donors (Lipinski definition) is 3.